The summed E-state index contributed by atoms with van der Waals surface area (Å²) < 4.78 is 5.42. The third-order valence-corrected chi connectivity index (χ3v) is 6.22. The number of carbonyl (C=O) groups excluding carboxylic acids is 2. The minimum Gasteiger partial charge on any atom is -0.496 e. The van der Waals surface area contributed by atoms with E-state index in [2.05, 4.69) is 4.90 Å². The van der Waals surface area contributed by atoms with Crippen LogP contribution >= 0.6 is 11.6 Å². The van der Waals surface area contributed by atoms with E-state index in [4.69, 9.17) is 16.3 Å². The van der Waals surface area contributed by atoms with Gasteiger partial charge in [-0.1, -0.05) is 61.9 Å². The second-order valence-corrected chi connectivity index (χ2v) is 9.16. The molecule has 1 aliphatic rings. The predicted molar refractivity (Wildman–Crippen MR) is 137 cm³/mol. The fraction of sp³-hybridized carbons (Fsp3) is 0.407. The summed E-state index contributed by atoms with van der Waals surface area (Å²) in [6.07, 6.45) is 3.97. The largest absolute Gasteiger partial charge is 0.496 e. The van der Waals surface area contributed by atoms with Crippen molar-refractivity contribution in [3.05, 3.63) is 70.8 Å². The number of rotatable bonds is 9. The van der Waals surface area contributed by atoms with Crippen LogP contribution in [0.25, 0.3) is 6.08 Å². The number of benzene rings is 2. The Bertz CT molecular complexity index is 1000. The third-order valence-electron chi connectivity index (χ3n) is 5.98. The second kappa shape index (κ2) is 12.6. The number of piperazine rings is 1. The Balaban J connectivity index is 1.65. The van der Waals surface area contributed by atoms with Crippen molar-refractivity contribution >= 4 is 29.5 Å². The lowest BCUT2D eigenvalue weighted by Gasteiger charge is -2.36. The molecule has 0 saturated carbocycles. The van der Waals surface area contributed by atoms with Gasteiger partial charge in [-0.15, -0.1) is 0 Å². The molecule has 0 aromatic heterocycles. The quantitative estimate of drug-likeness (QED) is 0.533. The Morgan fingerprint density at radius 2 is 1.82 bits per heavy atom. The van der Waals surface area contributed by atoms with Crippen LogP contribution in [-0.4, -0.2) is 79.4 Å². The average Bonchev–Trinajstić information content (AvgIpc) is 2.85. The number of carbonyl (C=O) groups is 2. The lowest BCUT2D eigenvalue weighted by Crippen LogP contribution is -2.51. The topological polar surface area (TPSA) is 53.1 Å². The number of ether oxygens (including phenoxy) is 1. The van der Waals surface area contributed by atoms with Gasteiger partial charge in [-0.25, -0.2) is 0 Å². The standard InChI is InChI=1S/C27H34ClN3O3/c1-21(2)26(32)31-18-15-29(16-19-31)14-17-30(27(33)23-9-6-11-24(28)20-23)13-7-10-22-8-4-5-12-25(22)34-3/h4-12,20-21H,13-19H2,1-3H3/b10-7+. The summed E-state index contributed by atoms with van der Waals surface area (Å²) >= 11 is 6.13. The zero-order valence-electron chi connectivity index (χ0n) is 20.2. The van der Waals surface area contributed by atoms with Crippen LogP contribution in [0.1, 0.15) is 29.8 Å². The number of para-hydroxylation sites is 1. The smallest absolute Gasteiger partial charge is 0.254 e. The van der Waals surface area contributed by atoms with Gasteiger partial charge in [0.15, 0.2) is 0 Å². The van der Waals surface area contributed by atoms with Crippen molar-refractivity contribution in [3.63, 3.8) is 0 Å². The van der Waals surface area contributed by atoms with Crippen molar-refractivity contribution in [2.45, 2.75) is 13.8 Å². The maximum Gasteiger partial charge on any atom is 0.254 e. The molecule has 1 aliphatic heterocycles. The van der Waals surface area contributed by atoms with Gasteiger partial charge in [-0.3, -0.25) is 14.5 Å². The van der Waals surface area contributed by atoms with Gasteiger partial charge in [-0.2, -0.15) is 0 Å². The summed E-state index contributed by atoms with van der Waals surface area (Å²) in [5.74, 6) is 0.965. The van der Waals surface area contributed by atoms with Gasteiger partial charge >= 0.3 is 0 Å². The molecule has 2 amide bonds. The molecule has 7 heteroatoms. The zero-order valence-corrected chi connectivity index (χ0v) is 21.0. The van der Waals surface area contributed by atoms with E-state index in [0.29, 0.717) is 23.7 Å². The summed E-state index contributed by atoms with van der Waals surface area (Å²) in [5.41, 5.74) is 1.54. The van der Waals surface area contributed by atoms with E-state index >= 15 is 0 Å². The molecule has 3 rings (SSSR count). The first-order chi connectivity index (χ1) is 16.4. The summed E-state index contributed by atoms with van der Waals surface area (Å²) in [6, 6.07) is 14.8. The van der Waals surface area contributed by atoms with Gasteiger partial charge in [0.25, 0.3) is 5.91 Å². The normalized spacial score (nSPS) is 14.6. The molecule has 2 aromatic carbocycles. The van der Waals surface area contributed by atoms with Crippen molar-refractivity contribution in [2.24, 2.45) is 5.92 Å². The SMILES string of the molecule is COc1ccccc1/C=C/CN(CCN1CCN(C(=O)C(C)C)CC1)C(=O)c1cccc(Cl)c1. The van der Waals surface area contributed by atoms with Crippen LogP contribution in [0.15, 0.2) is 54.6 Å². The first kappa shape index (κ1) is 25.8. The van der Waals surface area contributed by atoms with E-state index in [1.54, 1.807) is 31.4 Å². The molecule has 0 aliphatic carbocycles. The molecule has 34 heavy (non-hydrogen) atoms. The van der Waals surface area contributed by atoms with Gasteiger partial charge in [0.2, 0.25) is 5.91 Å². The molecule has 182 valence electrons. The summed E-state index contributed by atoms with van der Waals surface area (Å²) in [6.45, 7) is 8.76. The highest BCUT2D eigenvalue weighted by Crippen LogP contribution is 2.19. The Labute approximate surface area is 207 Å². The first-order valence-corrected chi connectivity index (χ1v) is 12.1. The molecule has 2 aromatic rings. The van der Waals surface area contributed by atoms with Crippen molar-refractivity contribution in [3.8, 4) is 5.75 Å². The van der Waals surface area contributed by atoms with Crippen LogP contribution in [0.3, 0.4) is 0 Å². The van der Waals surface area contributed by atoms with Crippen LogP contribution in [0.2, 0.25) is 5.02 Å². The lowest BCUT2D eigenvalue weighted by atomic mass is 10.1. The van der Waals surface area contributed by atoms with Crippen molar-refractivity contribution < 1.29 is 14.3 Å². The second-order valence-electron chi connectivity index (χ2n) is 8.73. The molecule has 0 N–H and O–H groups in total. The number of methoxy groups -OCH3 is 1. The monoisotopic (exact) mass is 483 g/mol. The molecule has 6 nitrogen and oxygen atoms in total. The molecular formula is C27H34ClN3O3. The van der Waals surface area contributed by atoms with Crippen molar-refractivity contribution in [1.82, 2.24) is 14.7 Å². The van der Waals surface area contributed by atoms with E-state index in [0.717, 1.165) is 44.0 Å². The van der Waals surface area contributed by atoms with Gasteiger partial charge < -0.3 is 14.5 Å². The molecule has 0 atom stereocenters. The maximum atomic E-state index is 13.3. The van der Waals surface area contributed by atoms with Crippen LogP contribution in [0.5, 0.6) is 5.75 Å². The maximum absolute atomic E-state index is 13.3. The molecule has 0 spiro atoms. The van der Waals surface area contributed by atoms with Gasteiger partial charge in [0, 0.05) is 67.9 Å². The number of halogens is 1. The lowest BCUT2D eigenvalue weighted by molar-refractivity contribution is -0.136. The number of hydrogen-bond donors (Lipinski definition) is 0. The third kappa shape index (κ3) is 7.08. The fourth-order valence-electron chi connectivity index (χ4n) is 4.01. The van der Waals surface area contributed by atoms with E-state index in [1.165, 1.54) is 0 Å². The Hall–Kier alpha value is -2.83. The molecule has 1 saturated heterocycles. The van der Waals surface area contributed by atoms with Crippen LogP contribution in [-0.2, 0) is 4.79 Å². The van der Waals surface area contributed by atoms with E-state index in [-0.39, 0.29) is 17.7 Å². The fourth-order valence-corrected chi connectivity index (χ4v) is 4.20. The number of nitrogens with zero attached hydrogens (tertiary/aromatic N) is 3. The molecule has 0 unspecified atom stereocenters. The highest BCUT2D eigenvalue weighted by Gasteiger charge is 2.23. The molecular weight excluding hydrogens is 450 g/mol. The first-order valence-electron chi connectivity index (χ1n) is 11.7. The zero-order chi connectivity index (χ0) is 24.5. The summed E-state index contributed by atoms with van der Waals surface area (Å²) in [5, 5.41) is 0.543. The van der Waals surface area contributed by atoms with Gasteiger partial charge in [-0.05, 0) is 24.3 Å². The van der Waals surface area contributed by atoms with Crippen molar-refractivity contribution in [1.29, 1.82) is 0 Å². The molecule has 0 bridgehead atoms. The van der Waals surface area contributed by atoms with E-state index < -0.39 is 0 Å². The summed E-state index contributed by atoms with van der Waals surface area (Å²) in [4.78, 5) is 31.6. The Kier molecular flexibility index (Phi) is 9.54. The van der Waals surface area contributed by atoms with Gasteiger partial charge in [0.1, 0.15) is 5.75 Å². The van der Waals surface area contributed by atoms with Crippen molar-refractivity contribution in [2.75, 3.05) is 52.9 Å². The molecule has 1 heterocycles. The minimum absolute atomic E-state index is 0.0207. The van der Waals surface area contributed by atoms with E-state index in [9.17, 15) is 9.59 Å². The highest BCUT2D eigenvalue weighted by molar-refractivity contribution is 6.30. The van der Waals surface area contributed by atoms with Crippen LogP contribution in [0.4, 0.5) is 0 Å². The number of hydrogen-bond acceptors (Lipinski definition) is 4. The molecule has 1 fully saturated rings. The molecule has 0 radical (unpaired) electrons. The Morgan fingerprint density at radius 3 is 2.50 bits per heavy atom. The average molecular weight is 484 g/mol. The predicted octanol–water partition coefficient (Wildman–Crippen LogP) is 4.30. The Morgan fingerprint density at radius 1 is 1.09 bits per heavy atom. The van der Waals surface area contributed by atoms with E-state index in [1.807, 2.05) is 60.1 Å². The highest BCUT2D eigenvalue weighted by atomic mass is 35.5. The number of amides is 2. The minimum atomic E-state index is -0.0548. The van der Waals surface area contributed by atoms with Gasteiger partial charge in [0.05, 0.1) is 7.11 Å². The summed E-state index contributed by atoms with van der Waals surface area (Å²) in [7, 11) is 1.65. The van der Waals surface area contributed by atoms with Crippen LogP contribution < -0.4 is 4.74 Å². The van der Waals surface area contributed by atoms with Crippen LogP contribution in [0, 0.1) is 5.92 Å².